The van der Waals surface area contributed by atoms with Crippen LogP contribution in [0, 0.1) is 0 Å². The summed E-state index contributed by atoms with van der Waals surface area (Å²) in [6.45, 7) is 2.27. The molecular formula is C22H30Na2O. The average Bonchev–Trinajstić information content (AvgIpc) is 2.59. The second kappa shape index (κ2) is 16.4. The zero-order chi connectivity index (χ0) is 16.2. The zero-order valence-electron chi connectivity index (χ0n) is 16.5. The molecule has 0 aromatic heterocycles. The summed E-state index contributed by atoms with van der Waals surface area (Å²) in [4.78, 5) is 0. The maximum absolute atomic E-state index is 6.03. The molecule has 3 heteroatoms. The topological polar surface area (TPSA) is 9.23 Å². The summed E-state index contributed by atoms with van der Waals surface area (Å²) in [6.07, 6.45) is 12.0. The molecular weight excluding hydrogens is 326 g/mol. The molecule has 0 spiro atoms. The van der Waals surface area contributed by atoms with Crippen molar-refractivity contribution < 1.29 is 4.74 Å². The maximum Gasteiger partial charge on any atom is 0.130 e. The Labute approximate surface area is 198 Å². The molecule has 2 aromatic rings. The molecule has 0 aliphatic rings. The van der Waals surface area contributed by atoms with Gasteiger partial charge in [0.05, 0.1) is 0 Å². The van der Waals surface area contributed by atoms with E-state index in [9.17, 15) is 0 Å². The third kappa shape index (κ3) is 10.9. The molecule has 2 radical (unpaired) electrons. The van der Waals surface area contributed by atoms with Gasteiger partial charge in [-0.1, -0.05) is 88.3 Å². The van der Waals surface area contributed by atoms with E-state index in [1.54, 1.807) is 0 Å². The smallest absolute Gasteiger partial charge is 0.130 e. The van der Waals surface area contributed by atoms with Crippen molar-refractivity contribution in [2.45, 2.75) is 64.7 Å². The van der Waals surface area contributed by atoms with E-state index < -0.39 is 0 Å². The van der Waals surface area contributed by atoms with E-state index in [0.717, 1.165) is 17.9 Å². The minimum atomic E-state index is 0. The number of para-hydroxylation sites is 2. The van der Waals surface area contributed by atoms with Crippen LogP contribution in [-0.4, -0.2) is 59.1 Å². The number of rotatable bonds is 11. The summed E-state index contributed by atoms with van der Waals surface area (Å²) in [5.74, 6) is 1.91. The van der Waals surface area contributed by atoms with Gasteiger partial charge in [0.1, 0.15) is 11.5 Å². The molecule has 0 saturated heterocycles. The molecule has 0 fully saturated rings. The summed E-state index contributed by atoms with van der Waals surface area (Å²) in [6, 6.07) is 18.5. The average molecular weight is 356 g/mol. The van der Waals surface area contributed by atoms with Crippen molar-refractivity contribution >= 4 is 59.1 Å². The molecule has 1 nitrogen and oxygen atoms in total. The second-order valence-electron chi connectivity index (χ2n) is 6.25. The van der Waals surface area contributed by atoms with Crippen LogP contribution < -0.4 is 4.74 Å². The van der Waals surface area contributed by atoms with Gasteiger partial charge in [0.2, 0.25) is 0 Å². The van der Waals surface area contributed by atoms with Crippen molar-refractivity contribution in [2.75, 3.05) is 0 Å². The van der Waals surface area contributed by atoms with Crippen molar-refractivity contribution in [3.05, 3.63) is 60.2 Å². The van der Waals surface area contributed by atoms with Crippen molar-refractivity contribution in [3.63, 3.8) is 0 Å². The minimum absolute atomic E-state index is 0. The number of benzene rings is 2. The Morgan fingerprint density at radius 2 is 1.20 bits per heavy atom. The zero-order valence-corrected chi connectivity index (χ0v) is 20.5. The first-order valence-corrected chi connectivity index (χ1v) is 9.21. The van der Waals surface area contributed by atoms with Crippen LogP contribution in [0.3, 0.4) is 0 Å². The summed E-state index contributed by atoms with van der Waals surface area (Å²) in [5.41, 5.74) is 1.32. The van der Waals surface area contributed by atoms with Gasteiger partial charge >= 0.3 is 0 Å². The van der Waals surface area contributed by atoms with Crippen molar-refractivity contribution in [1.82, 2.24) is 0 Å². The van der Waals surface area contributed by atoms with E-state index in [4.69, 9.17) is 4.74 Å². The Kier molecular flexibility index (Phi) is 16.6. The molecule has 0 N–H and O–H groups in total. The van der Waals surface area contributed by atoms with E-state index in [1.165, 1.54) is 56.9 Å². The molecule has 0 heterocycles. The van der Waals surface area contributed by atoms with Gasteiger partial charge < -0.3 is 4.74 Å². The molecule has 0 atom stereocenters. The van der Waals surface area contributed by atoms with Gasteiger partial charge in [0.25, 0.3) is 0 Å². The van der Waals surface area contributed by atoms with Crippen LogP contribution >= 0.6 is 0 Å². The van der Waals surface area contributed by atoms with Gasteiger partial charge in [-0.25, -0.2) is 0 Å². The van der Waals surface area contributed by atoms with Gasteiger partial charge in [-0.05, 0) is 36.6 Å². The van der Waals surface area contributed by atoms with Crippen LogP contribution in [0.25, 0.3) is 0 Å². The summed E-state index contributed by atoms with van der Waals surface area (Å²) >= 11 is 0. The molecule has 126 valence electrons. The van der Waals surface area contributed by atoms with Gasteiger partial charge in [0.15, 0.2) is 0 Å². The Morgan fingerprint density at radius 1 is 0.640 bits per heavy atom. The SMILES string of the molecule is CCCCCCCCCCc1ccccc1Oc1ccccc1.[Na].[Na]. The monoisotopic (exact) mass is 356 g/mol. The second-order valence-corrected chi connectivity index (χ2v) is 6.25. The number of aryl methyl sites for hydroxylation is 1. The third-order valence-corrected chi connectivity index (χ3v) is 4.24. The number of ether oxygens (including phenoxy) is 1. The molecule has 0 unspecified atom stereocenters. The largest absolute Gasteiger partial charge is 0.457 e. The fourth-order valence-corrected chi connectivity index (χ4v) is 2.87. The third-order valence-electron chi connectivity index (χ3n) is 4.24. The van der Waals surface area contributed by atoms with Crippen LogP contribution in [0.5, 0.6) is 11.5 Å². The van der Waals surface area contributed by atoms with Crippen molar-refractivity contribution in [2.24, 2.45) is 0 Å². The predicted octanol–water partition coefficient (Wildman–Crippen LogP) is 6.40. The molecule has 0 aliphatic carbocycles. The van der Waals surface area contributed by atoms with Crippen molar-refractivity contribution in [1.29, 1.82) is 0 Å². The molecule has 0 amide bonds. The maximum atomic E-state index is 6.03. The summed E-state index contributed by atoms with van der Waals surface area (Å²) in [7, 11) is 0. The van der Waals surface area contributed by atoms with Crippen LogP contribution in [-0.2, 0) is 6.42 Å². The van der Waals surface area contributed by atoms with Crippen LogP contribution in [0.2, 0.25) is 0 Å². The molecule has 0 saturated carbocycles. The first-order chi connectivity index (χ1) is 11.4. The minimum Gasteiger partial charge on any atom is -0.457 e. The quantitative estimate of drug-likeness (QED) is 0.334. The number of hydrogen-bond acceptors (Lipinski definition) is 1. The first-order valence-electron chi connectivity index (χ1n) is 9.21. The van der Waals surface area contributed by atoms with E-state index in [1.807, 2.05) is 30.3 Å². The standard InChI is InChI=1S/C22H30O.2Na/c1-2-3-4-5-6-7-8-10-15-20-16-13-14-19-22(20)23-21-17-11-9-12-18-21;;/h9,11-14,16-19H,2-8,10,15H2,1H3;;. The Bertz CT molecular complexity index is 543. The molecule has 2 aromatic carbocycles. The van der Waals surface area contributed by atoms with Crippen LogP contribution in [0.4, 0.5) is 0 Å². The van der Waals surface area contributed by atoms with Gasteiger partial charge in [-0.3, -0.25) is 0 Å². The van der Waals surface area contributed by atoms with Gasteiger partial charge in [-0.15, -0.1) is 0 Å². The van der Waals surface area contributed by atoms with E-state index >= 15 is 0 Å². The molecule has 25 heavy (non-hydrogen) atoms. The Balaban J connectivity index is 0.00000288. The fraction of sp³-hybridized carbons (Fsp3) is 0.455. The van der Waals surface area contributed by atoms with Gasteiger partial charge in [-0.2, -0.15) is 0 Å². The Hall–Kier alpha value is 0.240. The predicted molar refractivity (Wildman–Crippen MR) is 111 cm³/mol. The Morgan fingerprint density at radius 3 is 1.88 bits per heavy atom. The summed E-state index contributed by atoms with van der Waals surface area (Å²) in [5, 5.41) is 0. The van der Waals surface area contributed by atoms with Crippen molar-refractivity contribution in [3.8, 4) is 11.5 Å². The van der Waals surface area contributed by atoms with Crippen LogP contribution in [0.15, 0.2) is 54.6 Å². The van der Waals surface area contributed by atoms with E-state index in [2.05, 4.69) is 31.2 Å². The number of unbranched alkanes of at least 4 members (excludes halogenated alkanes) is 7. The first kappa shape index (κ1) is 25.2. The summed E-state index contributed by atoms with van der Waals surface area (Å²) < 4.78 is 6.03. The molecule has 2 rings (SSSR count). The number of hydrogen-bond donors (Lipinski definition) is 0. The van der Waals surface area contributed by atoms with E-state index in [0.29, 0.717) is 0 Å². The van der Waals surface area contributed by atoms with Gasteiger partial charge in [0, 0.05) is 59.1 Å². The van der Waals surface area contributed by atoms with Crippen LogP contribution in [0.1, 0.15) is 63.9 Å². The van der Waals surface area contributed by atoms with E-state index in [-0.39, 0.29) is 59.1 Å². The molecule has 0 aliphatic heterocycles. The fourth-order valence-electron chi connectivity index (χ4n) is 2.87. The normalized spacial score (nSPS) is 9.80. The molecule has 0 bridgehead atoms.